The summed E-state index contributed by atoms with van der Waals surface area (Å²) in [5.41, 5.74) is 1.26. The molecule has 96 valence electrons. The molecule has 1 heterocycles. The monoisotopic (exact) mass is 251 g/mol. The number of halogens is 1. The zero-order valence-corrected chi connectivity index (χ0v) is 10.1. The summed E-state index contributed by atoms with van der Waals surface area (Å²) in [5, 5.41) is 3.72. The second-order valence-electron chi connectivity index (χ2n) is 4.02. The highest BCUT2D eigenvalue weighted by Gasteiger charge is 2.27. The Labute approximate surface area is 104 Å². The molecule has 1 unspecified atom stereocenters. The molecule has 0 fully saturated rings. The molecule has 0 bridgehead atoms. The smallest absolute Gasteiger partial charge is 0.356 e. The lowest BCUT2D eigenvalue weighted by atomic mass is 10.0. The Morgan fingerprint density at radius 1 is 1.50 bits per heavy atom. The van der Waals surface area contributed by atoms with Crippen molar-refractivity contribution in [3.63, 3.8) is 0 Å². The fourth-order valence-corrected chi connectivity index (χ4v) is 1.76. The molecule has 0 amide bonds. The van der Waals surface area contributed by atoms with Gasteiger partial charge in [0.25, 0.3) is 0 Å². The lowest BCUT2D eigenvalue weighted by Crippen LogP contribution is -2.19. The largest absolute Gasteiger partial charge is 0.461 e. The van der Waals surface area contributed by atoms with Crippen LogP contribution in [0.5, 0.6) is 0 Å². The van der Waals surface area contributed by atoms with Gasteiger partial charge in [-0.1, -0.05) is 17.3 Å². The number of carbonyl (C=O) groups is 1. The molecule has 1 aliphatic rings. The first-order valence-electron chi connectivity index (χ1n) is 5.83. The Hall–Kier alpha value is -1.91. The topological polar surface area (TPSA) is 47.9 Å². The van der Waals surface area contributed by atoms with E-state index < -0.39 is 5.97 Å². The van der Waals surface area contributed by atoms with Crippen LogP contribution in [-0.2, 0) is 20.8 Å². The summed E-state index contributed by atoms with van der Waals surface area (Å²) in [7, 11) is 0. The maximum Gasteiger partial charge on any atom is 0.356 e. The highest BCUT2D eigenvalue weighted by molar-refractivity contribution is 6.36. The van der Waals surface area contributed by atoms with E-state index in [4.69, 9.17) is 9.57 Å². The molecular formula is C13H14FNO3. The van der Waals surface area contributed by atoms with Gasteiger partial charge in [-0.3, -0.25) is 0 Å². The van der Waals surface area contributed by atoms with E-state index in [-0.39, 0.29) is 11.9 Å². The molecule has 0 aromatic heterocycles. The molecule has 5 heteroatoms. The van der Waals surface area contributed by atoms with Crippen LogP contribution < -0.4 is 0 Å². The molecule has 0 saturated carbocycles. The van der Waals surface area contributed by atoms with Gasteiger partial charge in [-0.2, -0.15) is 0 Å². The van der Waals surface area contributed by atoms with Crippen molar-refractivity contribution in [3.05, 3.63) is 35.6 Å². The van der Waals surface area contributed by atoms with Crippen molar-refractivity contribution in [2.24, 2.45) is 5.16 Å². The number of nitrogens with zero attached hydrogens (tertiary/aromatic N) is 1. The predicted molar refractivity (Wildman–Crippen MR) is 63.7 cm³/mol. The number of esters is 1. The van der Waals surface area contributed by atoms with Crippen molar-refractivity contribution in [2.75, 3.05) is 6.61 Å². The third-order valence-corrected chi connectivity index (χ3v) is 2.62. The number of benzene rings is 1. The van der Waals surface area contributed by atoms with E-state index in [0.717, 1.165) is 5.56 Å². The first-order chi connectivity index (χ1) is 8.69. The van der Waals surface area contributed by atoms with Crippen molar-refractivity contribution < 1.29 is 18.8 Å². The summed E-state index contributed by atoms with van der Waals surface area (Å²) < 4.78 is 17.6. The van der Waals surface area contributed by atoms with E-state index in [1.54, 1.807) is 19.1 Å². The zero-order valence-electron chi connectivity index (χ0n) is 10.1. The van der Waals surface area contributed by atoms with Gasteiger partial charge in [0.2, 0.25) is 0 Å². The summed E-state index contributed by atoms with van der Waals surface area (Å²) in [6, 6.07) is 6.19. The molecule has 0 spiro atoms. The number of ether oxygens (including phenoxy) is 1. The molecule has 0 radical (unpaired) electrons. The van der Waals surface area contributed by atoms with Gasteiger partial charge in [0, 0.05) is 12.8 Å². The summed E-state index contributed by atoms with van der Waals surface area (Å²) >= 11 is 0. The van der Waals surface area contributed by atoms with Gasteiger partial charge in [0.05, 0.1) is 6.61 Å². The molecule has 1 aromatic rings. The van der Waals surface area contributed by atoms with E-state index in [1.165, 1.54) is 12.1 Å². The Morgan fingerprint density at radius 2 is 2.22 bits per heavy atom. The normalized spacial score (nSPS) is 18.1. The molecule has 18 heavy (non-hydrogen) atoms. The van der Waals surface area contributed by atoms with Crippen molar-refractivity contribution in [1.82, 2.24) is 0 Å². The number of rotatable bonds is 4. The SMILES string of the molecule is CCOC(=O)C1=NOC(Cc2ccc(F)cc2)C1. The molecule has 1 aromatic carbocycles. The maximum absolute atomic E-state index is 12.7. The fourth-order valence-electron chi connectivity index (χ4n) is 1.76. The van der Waals surface area contributed by atoms with Crippen LogP contribution in [0.3, 0.4) is 0 Å². The van der Waals surface area contributed by atoms with Crippen LogP contribution in [0.25, 0.3) is 0 Å². The van der Waals surface area contributed by atoms with E-state index in [1.807, 2.05) is 0 Å². The zero-order chi connectivity index (χ0) is 13.0. The van der Waals surface area contributed by atoms with Crippen LogP contribution in [0.2, 0.25) is 0 Å². The molecule has 1 aliphatic heterocycles. The van der Waals surface area contributed by atoms with Crippen LogP contribution in [-0.4, -0.2) is 24.4 Å². The minimum absolute atomic E-state index is 0.185. The van der Waals surface area contributed by atoms with Crippen LogP contribution in [0.15, 0.2) is 29.4 Å². The third kappa shape index (κ3) is 3.06. The van der Waals surface area contributed by atoms with Crippen LogP contribution in [0, 0.1) is 5.82 Å². The molecule has 0 aliphatic carbocycles. The highest BCUT2D eigenvalue weighted by Crippen LogP contribution is 2.17. The predicted octanol–water partition coefficient (Wildman–Crippen LogP) is 2.08. The van der Waals surface area contributed by atoms with Gasteiger partial charge < -0.3 is 9.57 Å². The summed E-state index contributed by atoms with van der Waals surface area (Å²) in [6.07, 6.45) is 0.831. The van der Waals surface area contributed by atoms with E-state index >= 15 is 0 Å². The summed E-state index contributed by atoms with van der Waals surface area (Å²) in [6.45, 7) is 2.06. The van der Waals surface area contributed by atoms with Crippen LogP contribution >= 0.6 is 0 Å². The lowest BCUT2D eigenvalue weighted by Gasteiger charge is -2.07. The minimum Gasteiger partial charge on any atom is -0.461 e. The molecule has 2 rings (SSSR count). The average Bonchev–Trinajstić information content (AvgIpc) is 2.81. The maximum atomic E-state index is 12.7. The average molecular weight is 251 g/mol. The minimum atomic E-state index is -0.431. The summed E-state index contributed by atoms with van der Waals surface area (Å²) in [4.78, 5) is 16.6. The fraction of sp³-hybridized carbons (Fsp3) is 0.385. The summed E-state index contributed by atoms with van der Waals surface area (Å²) in [5.74, 6) is -0.700. The Kier molecular flexibility index (Phi) is 3.92. The molecule has 1 atom stereocenters. The first-order valence-corrected chi connectivity index (χ1v) is 5.83. The number of hydrogen-bond acceptors (Lipinski definition) is 4. The Morgan fingerprint density at radius 3 is 2.89 bits per heavy atom. The van der Waals surface area contributed by atoms with Gasteiger partial charge in [0.15, 0.2) is 5.71 Å². The van der Waals surface area contributed by atoms with E-state index in [0.29, 0.717) is 25.2 Å². The van der Waals surface area contributed by atoms with Crippen LogP contribution in [0.4, 0.5) is 4.39 Å². The molecular weight excluding hydrogens is 237 g/mol. The van der Waals surface area contributed by atoms with Crippen molar-refractivity contribution in [1.29, 1.82) is 0 Å². The highest BCUT2D eigenvalue weighted by atomic mass is 19.1. The second-order valence-corrected chi connectivity index (χ2v) is 4.02. The van der Waals surface area contributed by atoms with Gasteiger partial charge in [-0.25, -0.2) is 9.18 Å². The van der Waals surface area contributed by atoms with Gasteiger partial charge >= 0.3 is 5.97 Å². The molecule has 4 nitrogen and oxygen atoms in total. The van der Waals surface area contributed by atoms with Crippen molar-refractivity contribution in [2.45, 2.75) is 25.9 Å². The van der Waals surface area contributed by atoms with E-state index in [2.05, 4.69) is 5.16 Å². The number of hydrogen-bond donors (Lipinski definition) is 0. The number of oxime groups is 1. The van der Waals surface area contributed by atoms with Gasteiger partial charge in [0.1, 0.15) is 11.9 Å². The van der Waals surface area contributed by atoms with E-state index in [9.17, 15) is 9.18 Å². The first kappa shape index (κ1) is 12.5. The molecule has 0 saturated heterocycles. The Bertz CT molecular complexity index is 456. The lowest BCUT2D eigenvalue weighted by molar-refractivity contribution is -0.135. The van der Waals surface area contributed by atoms with Crippen molar-refractivity contribution >= 4 is 11.7 Å². The third-order valence-electron chi connectivity index (χ3n) is 2.62. The standard InChI is InChI=1S/C13H14FNO3/c1-2-17-13(16)12-8-11(18-15-12)7-9-3-5-10(14)6-4-9/h3-6,11H,2,7-8H2,1H3. The number of carbonyl (C=O) groups excluding carboxylic acids is 1. The van der Waals surface area contributed by atoms with Crippen LogP contribution in [0.1, 0.15) is 18.9 Å². The van der Waals surface area contributed by atoms with Gasteiger partial charge in [-0.05, 0) is 24.6 Å². The van der Waals surface area contributed by atoms with Gasteiger partial charge in [-0.15, -0.1) is 0 Å². The molecule has 0 N–H and O–H groups in total. The van der Waals surface area contributed by atoms with Crippen molar-refractivity contribution in [3.8, 4) is 0 Å². The quantitative estimate of drug-likeness (QED) is 0.770. The Balaban J connectivity index is 1.88. The second kappa shape index (κ2) is 5.62.